The number of esters is 1. The van der Waals surface area contributed by atoms with Gasteiger partial charge in [0.05, 0.1) is 17.6 Å². The van der Waals surface area contributed by atoms with Gasteiger partial charge in [0, 0.05) is 13.0 Å². The highest BCUT2D eigenvalue weighted by molar-refractivity contribution is 5.89. The monoisotopic (exact) mass is 575 g/mol. The van der Waals surface area contributed by atoms with Crippen LogP contribution in [0, 0.1) is 28.6 Å². The fourth-order valence-electron chi connectivity index (χ4n) is 4.89. The standard InChI is InChI=1S/C35H49N3O4/c1-9-10-11-29(33(41)42-35(5,6)7)22-28(31(39)38-30(32(40)37-8)34(2,3)4)21-14-24-12-17-26(18-13-24)27-19-15-25(23-36)16-20-27/h12-13,15-20,28-30H,9-11,14,21-22H2,1-8H3,(H,37,40)(H,38,39)/t28-,29+,30-/m1/s1. The number of nitrogens with one attached hydrogen (secondary N) is 2. The van der Waals surface area contributed by atoms with Gasteiger partial charge in [-0.3, -0.25) is 14.4 Å². The summed E-state index contributed by atoms with van der Waals surface area (Å²) in [5.74, 6) is -1.64. The number of carbonyl (C=O) groups is 3. The Hall–Kier alpha value is -3.66. The van der Waals surface area contributed by atoms with Crippen molar-refractivity contribution in [3.63, 3.8) is 0 Å². The lowest BCUT2D eigenvalue weighted by Gasteiger charge is -2.32. The van der Waals surface area contributed by atoms with Crippen LogP contribution >= 0.6 is 0 Å². The number of benzene rings is 2. The first-order chi connectivity index (χ1) is 19.7. The molecule has 2 amide bonds. The van der Waals surface area contributed by atoms with E-state index in [1.165, 1.54) is 0 Å². The molecule has 2 aromatic rings. The van der Waals surface area contributed by atoms with Gasteiger partial charge in [-0.15, -0.1) is 0 Å². The fourth-order valence-corrected chi connectivity index (χ4v) is 4.89. The molecule has 2 N–H and O–H groups in total. The Labute approximate surface area is 252 Å². The highest BCUT2D eigenvalue weighted by atomic mass is 16.6. The number of hydrogen-bond acceptors (Lipinski definition) is 5. The molecular formula is C35H49N3O4. The highest BCUT2D eigenvalue weighted by Gasteiger charge is 2.36. The molecule has 7 heteroatoms. The summed E-state index contributed by atoms with van der Waals surface area (Å²) >= 11 is 0. The van der Waals surface area contributed by atoms with Crippen molar-refractivity contribution in [2.45, 2.75) is 98.6 Å². The van der Waals surface area contributed by atoms with Gasteiger partial charge in [-0.2, -0.15) is 5.26 Å². The third kappa shape index (κ3) is 11.0. The maximum atomic E-state index is 13.8. The van der Waals surface area contributed by atoms with Crippen LogP contribution in [0.15, 0.2) is 48.5 Å². The number of aryl methyl sites for hydroxylation is 1. The second-order valence-electron chi connectivity index (χ2n) is 13.2. The number of nitriles is 1. The first-order valence-corrected chi connectivity index (χ1v) is 15.0. The Bertz CT molecular complexity index is 1220. The lowest BCUT2D eigenvalue weighted by molar-refractivity contribution is -0.161. The molecule has 42 heavy (non-hydrogen) atoms. The van der Waals surface area contributed by atoms with Crippen molar-refractivity contribution >= 4 is 17.8 Å². The molecule has 0 aliphatic rings. The van der Waals surface area contributed by atoms with Crippen LogP contribution < -0.4 is 10.6 Å². The zero-order chi connectivity index (χ0) is 31.5. The summed E-state index contributed by atoms with van der Waals surface area (Å²) < 4.78 is 5.75. The smallest absolute Gasteiger partial charge is 0.309 e. The van der Waals surface area contributed by atoms with Crippen LogP contribution in [0.3, 0.4) is 0 Å². The molecule has 0 radical (unpaired) electrons. The van der Waals surface area contributed by atoms with Gasteiger partial charge in [0.15, 0.2) is 0 Å². The van der Waals surface area contributed by atoms with Gasteiger partial charge in [0.2, 0.25) is 11.8 Å². The average molecular weight is 576 g/mol. The Morgan fingerprint density at radius 1 is 0.857 bits per heavy atom. The molecule has 7 nitrogen and oxygen atoms in total. The van der Waals surface area contributed by atoms with Crippen LogP contribution in [0.25, 0.3) is 11.1 Å². The van der Waals surface area contributed by atoms with Gasteiger partial charge in [-0.1, -0.05) is 76.9 Å². The number of hydrogen-bond donors (Lipinski definition) is 2. The van der Waals surface area contributed by atoms with Gasteiger partial charge in [-0.05, 0) is 80.7 Å². The van der Waals surface area contributed by atoms with E-state index in [1.54, 1.807) is 19.2 Å². The normalized spacial score (nSPS) is 13.8. The van der Waals surface area contributed by atoms with Crippen molar-refractivity contribution in [2.24, 2.45) is 17.3 Å². The molecule has 0 aliphatic carbocycles. The van der Waals surface area contributed by atoms with E-state index in [1.807, 2.05) is 77.9 Å². The molecular weight excluding hydrogens is 526 g/mol. The van der Waals surface area contributed by atoms with Gasteiger partial charge in [-0.25, -0.2) is 0 Å². The van der Waals surface area contributed by atoms with E-state index >= 15 is 0 Å². The second-order valence-corrected chi connectivity index (χ2v) is 13.2. The van der Waals surface area contributed by atoms with Gasteiger partial charge in [0.1, 0.15) is 11.6 Å². The summed E-state index contributed by atoms with van der Waals surface area (Å²) in [5.41, 5.74) is 2.65. The van der Waals surface area contributed by atoms with Gasteiger partial charge in [0.25, 0.3) is 0 Å². The SMILES string of the molecule is CCCC[C@@H](C[C@@H](CCc1ccc(-c2ccc(C#N)cc2)cc1)C(=O)N[C@H](C(=O)NC)C(C)(C)C)C(=O)OC(C)(C)C. The number of ether oxygens (including phenoxy) is 1. The third-order valence-electron chi connectivity index (χ3n) is 7.33. The molecule has 0 fully saturated rings. The Kier molecular flexibility index (Phi) is 12.8. The summed E-state index contributed by atoms with van der Waals surface area (Å²) in [6.07, 6.45) is 3.96. The lowest BCUT2D eigenvalue weighted by atomic mass is 9.83. The number of likely N-dealkylation sites (N-methyl/N-ethyl adjacent to an activating group) is 1. The highest BCUT2D eigenvalue weighted by Crippen LogP contribution is 2.28. The minimum Gasteiger partial charge on any atom is -0.460 e. The number of rotatable bonds is 13. The maximum absolute atomic E-state index is 13.8. The summed E-state index contributed by atoms with van der Waals surface area (Å²) in [4.78, 5) is 39.7. The Balaban J connectivity index is 2.30. The molecule has 3 atom stereocenters. The Morgan fingerprint density at radius 3 is 1.90 bits per heavy atom. The van der Waals surface area contributed by atoms with Crippen LogP contribution in [0.2, 0.25) is 0 Å². The van der Waals surface area contributed by atoms with Crippen molar-refractivity contribution < 1.29 is 19.1 Å². The van der Waals surface area contributed by atoms with Gasteiger partial charge >= 0.3 is 5.97 Å². The molecule has 2 aromatic carbocycles. The van der Waals surface area contributed by atoms with E-state index in [9.17, 15) is 14.4 Å². The minimum absolute atomic E-state index is 0.224. The fraction of sp³-hybridized carbons (Fsp3) is 0.543. The third-order valence-corrected chi connectivity index (χ3v) is 7.33. The van der Waals surface area contributed by atoms with E-state index in [0.717, 1.165) is 29.5 Å². The molecule has 0 saturated carbocycles. The predicted molar refractivity (Wildman–Crippen MR) is 167 cm³/mol. The minimum atomic E-state index is -0.708. The molecule has 2 rings (SSSR count). The Morgan fingerprint density at radius 2 is 1.43 bits per heavy atom. The summed E-state index contributed by atoms with van der Waals surface area (Å²) in [6.45, 7) is 13.4. The summed E-state index contributed by atoms with van der Waals surface area (Å²) in [6, 6.07) is 17.1. The molecule has 228 valence electrons. The first kappa shape index (κ1) is 34.5. The zero-order valence-corrected chi connectivity index (χ0v) is 26.7. The van der Waals surface area contributed by atoms with Crippen molar-refractivity contribution in [3.8, 4) is 17.2 Å². The van der Waals surface area contributed by atoms with E-state index in [0.29, 0.717) is 31.2 Å². The molecule has 0 saturated heterocycles. The van der Waals surface area contributed by atoms with E-state index in [2.05, 4.69) is 23.6 Å². The first-order valence-electron chi connectivity index (χ1n) is 15.0. The zero-order valence-electron chi connectivity index (χ0n) is 26.7. The number of amides is 2. The molecule has 0 unspecified atom stereocenters. The van der Waals surface area contributed by atoms with Gasteiger partial charge < -0.3 is 15.4 Å². The van der Waals surface area contributed by atoms with Crippen LogP contribution in [-0.4, -0.2) is 36.5 Å². The lowest BCUT2D eigenvalue weighted by Crippen LogP contribution is -2.54. The summed E-state index contributed by atoms with van der Waals surface area (Å²) in [5, 5.41) is 14.7. The number of unbranched alkanes of at least 4 members (excludes halogenated alkanes) is 1. The van der Waals surface area contributed by atoms with Crippen LogP contribution in [0.5, 0.6) is 0 Å². The second kappa shape index (κ2) is 15.5. The molecule has 0 spiro atoms. The van der Waals surface area contributed by atoms with Crippen molar-refractivity contribution in [3.05, 3.63) is 59.7 Å². The van der Waals surface area contributed by atoms with Crippen molar-refractivity contribution in [1.82, 2.24) is 10.6 Å². The number of carbonyl (C=O) groups excluding carboxylic acids is 3. The van der Waals surface area contributed by atoms with Crippen LogP contribution in [-0.2, 0) is 25.5 Å². The largest absolute Gasteiger partial charge is 0.460 e. The average Bonchev–Trinajstić information content (AvgIpc) is 2.93. The number of nitrogens with zero attached hydrogens (tertiary/aromatic N) is 1. The van der Waals surface area contributed by atoms with E-state index < -0.39 is 28.9 Å². The van der Waals surface area contributed by atoms with Crippen molar-refractivity contribution in [1.29, 1.82) is 5.26 Å². The van der Waals surface area contributed by atoms with Crippen molar-refractivity contribution in [2.75, 3.05) is 7.05 Å². The maximum Gasteiger partial charge on any atom is 0.309 e. The van der Waals surface area contributed by atoms with Crippen LogP contribution in [0.1, 0.15) is 91.7 Å². The van der Waals surface area contributed by atoms with Crippen LogP contribution in [0.4, 0.5) is 0 Å². The summed E-state index contributed by atoms with van der Waals surface area (Å²) in [7, 11) is 1.57. The topological polar surface area (TPSA) is 108 Å². The molecule has 0 heterocycles. The molecule has 0 bridgehead atoms. The predicted octanol–water partition coefficient (Wildman–Crippen LogP) is 6.59. The molecule has 0 aliphatic heterocycles. The quantitative estimate of drug-likeness (QED) is 0.262. The van der Waals surface area contributed by atoms with E-state index in [-0.39, 0.29) is 17.8 Å². The molecule has 0 aromatic heterocycles. The van der Waals surface area contributed by atoms with E-state index in [4.69, 9.17) is 10.00 Å².